The van der Waals surface area contributed by atoms with E-state index in [0.29, 0.717) is 0 Å². The second kappa shape index (κ2) is 10.8. The summed E-state index contributed by atoms with van der Waals surface area (Å²) < 4.78 is 6.58. The summed E-state index contributed by atoms with van der Waals surface area (Å²) in [5.41, 5.74) is 6.78. The smallest absolute Gasteiger partial charge is 0.136 e. The summed E-state index contributed by atoms with van der Waals surface area (Å²) in [5.74, 6) is 0. The first kappa shape index (κ1) is 28.7. The van der Waals surface area contributed by atoms with Gasteiger partial charge in [-0.2, -0.15) is 0 Å². The summed E-state index contributed by atoms with van der Waals surface area (Å²) >= 11 is 0. The van der Waals surface area contributed by atoms with Gasteiger partial charge in [-0.3, -0.25) is 0 Å². The average molecular weight is 671 g/mol. The normalized spacial score (nSPS) is 12.2. The van der Waals surface area contributed by atoms with Crippen molar-refractivity contribution in [1.82, 2.24) is 0 Å². The van der Waals surface area contributed by atoms with Gasteiger partial charge < -0.3 is 4.42 Å². The Bertz CT molecular complexity index is 3420. The molecule has 1 heterocycles. The molecule has 1 nitrogen and oxygen atoms in total. The second-order valence-electron chi connectivity index (χ2n) is 14.3. The molecule has 244 valence electrons. The van der Waals surface area contributed by atoms with Gasteiger partial charge in [-0.05, 0) is 110 Å². The summed E-state index contributed by atoms with van der Waals surface area (Å²) in [6, 6.07) is 66.8. The maximum Gasteiger partial charge on any atom is 0.136 e. The van der Waals surface area contributed by atoms with E-state index in [9.17, 15) is 0 Å². The van der Waals surface area contributed by atoms with Crippen LogP contribution >= 0.6 is 0 Å². The summed E-state index contributed by atoms with van der Waals surface area (Å²) in [5, 5.41) is 20.0. The fourth-order valence-electron chi connectivity index (χ4n) is 9.48. The zero-order valence-electron chi connectivity index (χ0n) is 28.7. The van der Waals surface area contributed by atoms with E-state index in [1.807, 2.05) is 0 Å². The van der Waals surface area contributed by atoms with Crippen molar-refractivity contribution in [2.75, 3.05) is 0 Å². The molecule has 0 bridgehead atoms. The predicted octanol–water partition coefficient (Wildman–Crippen LogP) is 15.0. The predicted molar refractivity (Wildman–Crippen MR) is 227 cm³/mol. The Kier molecular flexibility index (Phi) is 5.84. The molecule has 0 spiro atoms. The van der Waals surface area contributed by atoms with Crippen LogP contribution in [-0.4, -0.2) is 0 Å². The summed E-state index contributed by atoms with van der Waals surface area (Å²) in [7, 11) is 0. The van der Waals surface area contributed by atoms with Crippen LogP contribution in [0.2, 0.25) is 0 Å². The van der Waals surface area contributed by atoms with E-state index in [-0.39, 0.29) is 0 Å². The highest BCUT2D eigenvalue weighted by atomic mass is 16.3. The first-order valence-electron chi connectivity index (χ1n) is 18.4. The van der Waals surface area contributed by atoms with E-state index in [0.717, 1.165) is 16.6 Å². The van der Waals surface area contributed by atoms with Gasteiger partial charge in [0.05, 0.1) is 0 Å². The molecule has 0 N–H and O–H groups in total. The van der Waals surface area contributed by atoms with E-state index in [4.69, 9.17) is 4.42 Å². The van der Waals surface area contributed by atoms with Gasteiger partial charge in [0.25, 0.3) is 0 Å². The topological polar surface area (TPSA) is 13.1 Å². The first-order valence-corrected chi connectivity index (χ1v) is 18.4. The molecule has 0 atom stereocenters. The SMILES string of the molecule is c1ccc2c(c1)ccc1oc3cccc(-c4c5ccccc5c(-c5cccc6c5ccc5c7ccccc7c7ccccc7c65)c5ccccc45)c3c12. The molecule has 11 aromatic carbocycles. The Morgan fingerprint density at radius 1 is 0.226 bits per heavy atom. The lowest BCUT2D eigenvalue weighted by atomic mass is 9.83. The molecule has 0 unspecified atom stereocenters. The van der Waals surface area contributed by atoms with Gasteiger partial charge in [-0.15, -0.1) is 0 Å². The number of fused-ring (bicyclic) bond motifs is 15. The average Bonchev–Trinajstić information content (AvgIpc) is 3.62. The lowest BCUT2D eigenvalue weighted by Crippen LogP contribution is -1.92. The molecule has 0 amide bonds. The van der Waals surface area contributed by atoms with Gasteiger partial charge in [0.2, 0.25) is 0 Å². The highest BCUT2D eigenvalue weighted by Gasteiger charge is 2.22. The molecule has 12 aromatic rings. The molecule has 1 heteroatoms. The number of rotatable bonds is 2. The summed E-state index contributed by atoms with van der Waals surface area (Å²) in [6.45, 7) is 0. The molecule has 0 aliphatic heterocycles. The van der Waals surface area contributed by atoms with Crippen molar-refractivity contribution in [2.45, 2.75) is 0 Å². The third-order valence-corrected chi connectivity index (χ3v) is 11.6. The Morgan fingerprint density at radius 2 is 0.660 bits per heavy atom. The van der Waals surface area contributed by atoms with Gasteiger partial charge in [-0.25, -0.2) is 0 Å². The standard InChI is InChI=1S/C52H30O/c1-2-14-32-31(13-1)27-30-47-51(32)52-45(25-12-26-46(52)53-47)50-42-21-9-7-19-40(42)49(41-20-8-10-22-43(41)50)39-24-11-23-38-36(39)28-29-44-35-17-4-3-15-33(35)34-16-5-6-18-37(34)48(38)44/h1-30H. The van der Waals surface area contributed by atoms with Gasteiger partial charge in [0, 0.05) is 10.8 Å². The Morgan fingerprint density at radius 3 is 1.34 bits per heavy atom. The van der Waals surface area contributed by atoms with Crippen molar-refractivity contribution in [3.63, 3.8) is 0 Å². The van der Waals surface area contributed by atoms with Crippen LogP contribution in [-0.2, 0) is 0 Å². The molecule has 0 saturated heterocycles. The molecule has 1 aromatic heterocycles. The largest absolute Gasteiger partial charge is 0.456 e. The molecule has 0 aliphatic carbocycles. The molecule has 53 heavy (non-hydrogen) atoms. The van der Waals surface area contributed by atoms with E-state index in [1.165, 1.54) is 103 Å². The van der Waals surface area contributed by atoms with Crippen molar-refractivity contribution in [3.05, 3.63) is 182 Å². The lowest BCUT2D eigenvalue weighted by Gasteiger charge is -2.20. The number of furan rings is 1. The number of hydrogen-bond acceptors (Lipinski definition) is 1. The van der Waals surface area contributed by atoms with Crippen LogP contribution < -0.4 is 0 Å². The molecule has 0 aliphatic rings. The van der Waals surface area contributed by atoms with Gasteiger partial charge >= 0.3 is 0 Å². The first-order chi connectivity index (χ1) is 26.3. The van der Waals surface area contributed by atoms with Crippen molar-refractivity contribution in [3.8, 4) is 22.3 Å². The molecule has 12 rings (SSSR count). The minimum atomic E-state index is 0.909. The Labute approximate surface area is 304 Å². The maximum atomic E-state index is 6.58. The monoisotopic (exact) mass is 670 g/mol. The van der Waals surface area contributed by atoms with Crippen LogP contribution in [0.4, 0.5) is 0 Å². The lowest BCUT2D eigenvalue weighted by molar-refractivity contribution is 0.669. The minimum absolute atomic E-state index is 0.909. The van der Waals surface area contributed by atoms with Crippen molar-refractivity contribution in [1.29, 1.82) is 0 Å². The van der Waals surface area contributed by atoms with Crippen molar-refractivity contribution >= 4 is 97.3 Å². The van der Waals surface area contributed by atoms with Crippen LogP contribution in [0.3, 0.4) is 0 Å². The molecule has 0 fully saturated rings. The third-order valence-electron chi connectivity index (χ3n) is 11.6. The van der Waals surface area contributed by atoms with Crippen molar-refractivity contribution in [2.24, 2.45) is 0 Å². The van der Waals surface area contributed by atoms with E-state index >= 15 is 0 Å². The molecular weight excluding hydrogens is 641 g/mol. The minimum Gasteiger partial charge on any atom is -0.456 e. The number of hydrogen-bond donors (Lipinski definition) is 0. The zero-order valence-corrected chi connectivity index (χ0v) is 28.7. The van der Waals surface area contributed by atoms with Crippen molar-refractivity contribution < 1.29 is 4.42 Å². The van der Waals surface area contributed by atoms with E-state index < -0.39 is 0 Å². The molecule has 0 saturated carbocycles. The fourth-order valence-corrected chi connectivity index (χ4v) is 9.48. The molecular formula is C52H30O. The van der Waals surface area contributed by atoms with E-state index in [2.05, 4.69) is 182 Å². The fraction of sp³-hybridized carbons (Fsp3) is 0. The van der Waals surface area contributed by atoms with Gasteiger partial charge in [0.1, 0.15) is 11.2 Å². The number of benzene rings is 11. The van der Waals surface area contributed by atoms with Crippen LogP contribution in [0.15, 0.2) is 186 Å². The quantitative estimate of drug-likeness (QED) is 0.132. The summed E-state index contributed by atoms with van der Waals surface area (Å²) in [4.78, 5) is 0. The summed E-state index contributed by atoms with van der Waals surface area (Å²) in [6.07, 6.45) is 0. The zero-order chi connectivity index (χ0) is 34.6. The van der Waals surface area contributed by atoms with Gasteiger partial charge in [-0.1, -0.05) is 170 Å². The third kappa shape index (κ3) is 3.91. The Balaban J connectivity index is 1.23. The van der Waals surface area contributed by atoms with Crippen LogP contribution in [0.25, 0.3) is 120 Å². The highest BCUT2D eigenvalue weighted by Crippen LogP contribution is 2.49. The van der Waals surface area contributed by atoms with Crippen LogP contribution in [0.1, 0.15) is 0 Å². The second-order valence-corrected chi connectivity index (χ2v) is 14.3. The maximum absolute atomic E-state index is 6.58. The highest BCUT2D eigenvalue weighted by molar-refractivity contribution is 6.34. The van der Waals surface area contributed by atoms with Gasteiger partial charge in [0.15, 0.2) is 0 Å². The van der Waals surface area contributed by atoms with E-state index in [1.54, 1.807) is 0 Å². The Hall–Kier alpha value is -6.96. The van der Waals surface area contributed by atoms with Crippen LogP contribution in [0, 0.1) is 0 Å². The van der Waals surface area contributed by atoms with Crippen LogP contribution in [0.5, 0.6) is 0 Å². The molecule has 0 radical (unpaired) electrons.